The van der Waals surface area contributed by atoms with Crippen molar-refractivity contribution in [2.24, 2.45) is 0 Å². The van der Waals surface area contributed by atoms with Crippen molar-refractivity contribution in [1.29, 1.82) is 0 Å². The molecule has 6 rings (SSSR count). The smallest absolute Gasteiger partial charge is 0.291 e. The number of nitrogens with zero attached hydrogens (tertiary/aromatic N) is 2. The Morgan fingerprint density at radius 1 is 0.912 bits per heavy atom. The average Bonchev–Trinajstić information content (AvgIpc) is 3.23. The number of amides is 2. The number of benzene rings is 3. The summed E-state index contributed by atoms with van der Waals surface area (Å²) in [5.41, 5.74) is 1.81. The largest absolute Gasteiger partial charge is 0.450 e. The number of carbonyl (C=O) groups excluding carboxylic acids is 2. The molecule has 0 aliphatic carbocycles. The van der Waals surface area contributed by atoms with Gasteiger partial charge in [0.15, 0.2) is 11.0 Å². The lowest BCUT2D eigenvalue weighted by molar-refractivity contribution is -0.125. The topological polar surface area (TPSA) is 70.8 Å². The fourth-order valence-electron chi connectivity index (χ4n) is 5.39. The molecule has 6 nitrogen and oxygen atoms in total. The first-order chi connectivity index (χ1) is 16.4. The van der Waals surface area contributed by atoms with Crippen LogP contribution < -0.4 is 10.3 Å². The van der Waals surface area contributed by atoms with E-state index in [1.54, 1.807) is 19.2 Å². The van der Waals surface area contributed by atoms with Gasteiger partial charge in [0.25, 0.3) is 11.8 Å². The van der Waals surface area contributed by atoms with E-state index in [1.165, 1.54) is 9.80 Å². The molecule has 2 aliphatic rings. The van der Waals surface area contributed by atoms with Crippen LogP contribution in [0, 0.1) is 6.92 Å². The van der Waals surface area contributed by atoms with Gasteiger partial charge in [-0.3, -0.25) is 14.4 Å². The molecule has 34 heavy (non-hydrogen) atoms. The molecule has 1 atom stereocenters. The Balaban J connectivity index is 1.65. The summed E-state index contributed by atoms with van der Waals surface area (Å²) in [7, 11) is 1.68. The van der Waals surface area contributed by atoms with Crippen molar-refractivity contribution in [3.05, 3.63) is 111 Å². The van der Waals surface area contributed by atoms with Crippen LogP contribution in [0.3, 0.4) is 0 Å². The van der Waals surface area contributed by atoms with E-state index < -0.39 is 11.4 Å². The van der Waals surface area contributed by atoms with Crippen molar-refractivity contribution in [3.8, 4) is 0 Å². The number of hydrogen-bond donors (Lipinski definition) is 0. The summed E-state index contributed by atoms with van der Waals surface area (Å²) in [6, 6.07) is 22.4. The molecule has 4 aromatic rings. The van der Waals surface area contributed by atoms with E-state index in [-0.39, 0.29) is 29.2 Å². The molecule has 0 radical (unpaired) electrons. The van der Waals surface area contributed by atoms with E-state index in [0.717, 1.165) is 11.1 Å². The molecule has 0 fully saturated rings. The Bertz CT molecular complexity index is 1560. The van der Waals surface area contributed by atoms with Crippen LogP contribution >= 0.6 is 0 Å². The summed E-state index contributed by atoms with van der Waals surface area (Å²) in [6.07, 6.45) is 0.536. The Labute approximate surface area is 196 Å². The third-order valence-corrected chi connectivity index (χ3v) is 6.99. The highest BCUT2D eigenvalue weighted by Gasteiger charge is 2.64. The second-order valence-electron chi connectivity index (χ2n) is 8.92. The van der Waals surface area contributed by atoms with Gasteiger partial charge in [0.1, 0.15) is 5.58 Å². The van der Waals surface area contributed by atoms with Gasteiger partial charge in [-0.15, -0.1) is 0 Å². The van der Waals surface area contributed by atoms with Crippen molar-refractivity contribution in [2.45, 2.75) is 18.9 Å². The second-order valence-corrected chi connectivity index (χ2v) is 8.92. The molecule has 3 aromatic carbocycles. The fourth-order valence-corrected chi connectivity index (χ4v) is 5.39. The molecule has 0 saturated heterocycles. The van der Waals surface area contributed by atoms with Crippen LogP contribution in [0.5, 0.6) is 0 Å². The first-order valence-corrected chi connectivity index (χ1v) is 11.3. The van der Waals surface area contributed by atoms with E-state index >= 15 is 0 Å². The molecule has 0 saturated carbocycles. The lowest BCUT2D eigenvalue weighted by Crippen LogP contribution is -2.53. The summed E-state index contributed by atoms with van der Waals surface area (Å²) < 4.78 is 6.06. The SMILES string of the molecule is Cc1ccc2oc3c(c(=O)c2c1)C1(C(=O)N(C)c2ccccc21)N(CCc1ccccc1)C3=O. The molecule has 1 spiro atoms. The van der Waals surface area contributed by atoms with Gasteiger partial charge in [-0.1, -0.05) is 60.2 Å². The highest BCUT2D eigenvalue weighted by atomic mass is 16.3. The zero-order valence-corrected chi connectivity index (χ0v) is 18.9. The third kappa shape index (κ3) is 2.53. The molecule has 168 valence electrons. The first-order valence-electron chi connectivity index (χ1n) is 11.3. The van der Waals surface area contributed by atoms with Crippen molar-refractivity contribution in [3.63, 3.8) is 0 Å². The standard InChI is InChI=1S/C28H22N2O4/c1-17-12-13-22-19(16-17)24(31)23-25(34-22)26(32)30(15-14-18-8-4-3-5-9-18)28(23)20-10-6-7-11-21(20)29(2)27(28)33/h3-13,16H,14-15H2,1-2H3. The number of aryl methyl sites for hydroxylation is 1. The van der Waals surface area contributed by atoms with Crippen molar-refractivity contribution in [1.82, 2.24) is 4.90 Å². The van der Waals surface area contributed by atoms with Crippen LogP contribution in [-0.2, 0) is 16.8 Å². The van der Waals surface area contributed by atoms with Crippen LogP contribution in [-0.4, -0.2) is 30.3 Å². The van der Waals surface area contributed by atoms with Crippen molar-refractivity contribution >= 4 is 28.5 Å². The van der Waals surface area contributed by atoms with Gasteiger partial charge in [-0.25, -0.2) is 0 Å². The van der Waals surface area contributed by atoms with E-state index in [2.05, 4.69) is 0 Å². The molecule has 1 aromatic heterocycles. The summed E-state index contributed by atoms with van der Waals surface area (Å²) >= 11 is 0. The van der Waals surface area contributed by atoms with Gasteiger partial charge in [0.05, 0.1) is 10.9 Å². The zero-order valence-electron chi connectivity index (χ0n) is 18.9. The summed E-state index contributed by atoms with van der Waals surface area (Å²) in [5, 5.41) is 0.371. The summed E-state index contributed by atoms with van der Waals surface area (Å²) in [5.74, 6) is -0.815. The number of anilines is 1. The minimum Gasteiger partial charge on any atom is -0.450 e. The normalized spacial score (nSPS) is 18.8. The van der Waals surface area contributed by atoms with Crippen LogP contribution in [0.1, 0.15) is 32.8 Å². The van der Waals surface area contributed by atoms with E-state index in [9.17, 15) is 14.4 Å². The first kappa shape index (κ1) is 20.4. The molecule has 6 heteroatoms. The fraction of sp³-hybridized carbons (Fsp3) is 0.179. The molecule has 1 unspecified atom stereocenters. The lowest BCUT2D eigenvalue weighted by Gasteiger charge is -2.34. The average molecular weight is 450 g/mol. The Kier molecular flexibility index (Phi) is 4.30. The van der Waals surface area contributed by atoms with Crippen LogP contribution in [0.2, 0.25) is 0 Å². The predicted molar refractivity (Wildman–Crippen MR) is 129 cm³/mol. The van der Waals surface area contributed by atoms with Crippen molar-refractivity contribution in [2.75, 3.05) is 18.5 Å². The summed E-state index contributed by atoms with van der Waals surface area (Å²) in [6.45, 7) is 2.15. The number of fused-ring (bicyclic) bond motifs is 5. The Morgan fingerprint density at radius 3 is 2.44 bits per heavy atom. The Hall–Kier alpha value is -4.19. The van der Waals surface area contributed by atoms with E-state index in [4.69, 9.17) is 4.42 Å². The minimum absolute atomic E-state index is 0.0483. The van der Waals surface area contributed by atoms with Crippen LogP contribution in [0.15, 0.2) is 82.0 Å². The second kappa shape index (κ2) is 7.15. The Morgan fingerprint density at radius 2 is 1.65 bits per heavy atom. The van der Waals surface area contributed by atoms with Gasteiger partial charge in [-0.2, -0.15) is 0 Å². The van der Waals surface area contributed by atoms with Gasteiger partial charge >= 0.3 is 0 Å². The van der Waals surface area contributed by atoms with Gasteiger partial charge < -0.3 is 14.2 Å². The van der Waals surface area contributed by atoms with Gasteiger partial charge in [-0.05, 0) is 37.1 Å². The molecule has 2 amide bonds. The molecule has 0 bridgehead atoms. The van der Waals surface area contributed by atoms with E-state index in [1.807, 2.05) is 67.6 Å². The van der Waals surface area contributed by atoms with Crippen LogP contribution in [0.4, 0.5) is 5.69 Å². The van der Waals surface area contributed by atoms with Gasteiger partial charge in [0, 0.05) is 24.8 Å². The highest BCUT2D eigenvalue weighted by Crippen LogP contribution is 2.52. The molecular weight excluding hydrogens is 428 g/mol. The highest BCUT2D eigenvalue weighted by molar-refractivity contribution is 6.16. The van der Waals surface area contributed by atoms with Crippen molar-refractivity contribution < 1.29 is 14.0 Å². The minimum atomic E-state index is -1.55. The summed E-state index contributed by atoms with van der Waals surface area (Å²) in [4.78, 5) is 44.9. The quantitative estimate of drug-likeness (QED) is 0.473. The maximum Gasteiger partial charge on any atom is 0.291 e. The van der Waals surface area contributed by atoms with Crippen LogP contribution in [0.25, 0.3) is 11.0 Å². The number of likely N-dealkylation sites (N-methyl/N-ethyl adjacent to an activating group) is 1. The van der Waals surface area contributed by atoms with Gasteiger partial charge in [0.2, 0.25) is 5.76 Å². The number of hydrogen-bond acceptors (Lipinski definition) is 4. The number of rotatable bonds is 3. The van der Waals surface area contributed by atoms with E-state index in [0.29, 0.717) is 28.6 Å². The molecule has 3 heterocycles. The maximum atomic E-state index is 14.0. The molecular formula is C28H22N2O4. The third-order valence-electron chi connectivity index (χ3n) is 6.99. The number of carbonyl (C=O) groups is 2. The molecule has 0 N–H and O–H groups in total. The predicted octanol–water partition coefficient (Wildman–Crippen LogP) is 4.02. The monoisotopic (exact) mass is 450 g/mol. The maximum absolute atomic E-state index is 14.0. The molecule has 2 aliphatic heterocycles. The zero-order chi connectivity index (χ0) is 23.6. The lowest BCUT2D eigenvalue weighted by atomic mass is 9.83. The number of para-hydroxylation sites is 1.